The van der Waals surface area contributed by atoms with E-state index in [4.69, 9.17) is 4.74 Å². The lowest BCUT2D eigenvalue weighted by Crippen LogP contribution is -2.35. The zero-order chi connectivity index (χ0) is 13.1. The molecule has 1 N–H and O–H groups in total. The van der Waals surface area contributed by atoms with Crippen LogP contribution < -0.4 is 5.32 Å². The van der Waals surface area contributed by atoms with E-state index < -0.39 is 0 Å². The second kappa shape index (κ2) is 5.80. The van der Waals surface area contributed by atoms with E-state index in [2.05, 4.69) is 26.2 Å². The van der Waals surface area contributed by atoms with Crippen molar-refractivity contribution in [3.05, 3.63) is 22.3 Å². The highest BCUT2D eigenvalue weighted by Crippen LogP contribution is 2.23. The van der Waals surface area contributed by atoms with Crippen molar-refractivity contribution in [2.45, 2.75) is 20.3 Å². The van der Waals surface area contributed by atoms with Gasteiger partial charge in [0.25, 0.3) is 0 Å². The molecule has 18 heavy (non-hydrogen) atoms. The van der Waals surface area contributed by atoms with Crippen LogP contribution in [0.15, 0.2) is 16.6 Å². The molecule has 4 nitrogen and oxygen atoms in total. The van der Waals surface area contributed by atoms with Gasteiger partial charge in [-0.25, -0.2) is 4.98 Å². The summed E-state index contributed by atoms with van der Waals surface area (Å²) in [5.41, 5.74) is 0.868. The van der Waals surface area contributed by atoms with Crippen LogP contribution in [0, 0.1) is 18.8 Å². The number of hydrogen-bond acceptors (Lipinski definition) is 3. The van der Waals surface area contributed by atoms with Crippen LogP contribution in [0.1, 0.15) is 19.0 Å². The minimum atomic E-state index is 0.0181. The Morgan fingerprint density at radius 3 is 3.00 bits per heavy atom. The second-order valence-corrected chi connectivity index (χ2v) is 5.55. The van der Waals surface area contributed by atoms with Crippen LogP contribution in [0.25, 0.3) is 0 Å². The normalized spacial score (nSPS) is 23.7. The van der Waals surface area contributed by atoms with Crippen molar-refractivity contribution >= 4 is 27.7 Å². The molecule has 0 aromatic carbocycles. The number of amides is 1. The Morgan fingerprint density at radius 2 is 2.33 bits per heavy atom. The smallest absolute Gasteiger partial charge is 0.229 e. The summed E-state index contributed by atoms with van der Waals surface area (Å²) >= 11 is 3.39. The molecule has 0 aliphatic carbocycles. The van der Waals surface area contributed by atoms with Crippen molar-refractivity contribution in [1.29, 1.82) is 0 Å². The van der Waals surface area contributed by atoms with E-state index in [1.807, 2.05) is 19.9 Å². The summed E-state index contributed by atoms with van der Waals surface area (Å²) in [5.74, 6) is 0.930. The lowest BCUT2D eigenvalue weighted by atomic mass is 9.89. The molecule has 0 radical (unpaired) electrons. The predicted octanol–water partition coefficient (Wildman–Crippen LogP) is 2.76. The molecule has 0 saturated carbocycles. The number of halogens is 1. The van der Waals surface area contributed by atoms with E-state index in [1.165, 1.54) is 0 Å². The number of rotatable bonds is 2. The van der Waals surface area contributed by atoms with E-state index in [-0.39, 0.29) is 17.7 Å². The summed E-state index contributed by atoms with van der Waals surface area (Å²) in [6.45, 7) is 5.26. The Hall–Kier alpha value is -0.940. The summed E-state index contributed by atoms with van der Waals surface area (Å²) in [5, 5.41) is 2.88. The van der Waals surface area contributed by atoms with Crippen LogP contribution >= 0.6 is 15.9 Å². The fourth-order valence-corrected chi connectivity index (χ4v) is 2.32. The van der Waals surface area contributed by atoms with E-state index in [0.29, 0.717) is 19.0 Å². The summed E-state index contributed by atoms with van der Waals surface area (Å²) in [4.78, 5) is 16.5. The summed E-state index contributed by atoms with van der Waals surface area (Å²) < 4.78 is 6.29. The Kier molecular flexibility index (Phi) is 4.35. The van der Waals surface area contributed by atoms with Gasteiger partial charge >= 0.3 is 0 Å². The molecule has 1 saturated heterocycles. The van der Waals surface area contributed by atoms with Crippen molar-refractivity contribution in [2.75, 3.05) is 18.5 Å². The van der Waals surface area contributed by atoms with Gasteiger partial charge in [-0.3, -0.25) is 4.79 Å². The Bertz CT molecular complexity index is 451. The van der Waals surface area contributed by atoms with Crippen molar-refractivity contribution in [2.24, 2.45) is 11.8 Å². The first-order valence-corrected chi connectivity index (χ1v) is 6.89. The fourth-order valence-electron chi connectivity index (χ4n) is 2.10. The van der Waals surface area contributed by atoms with Crippen LogP contribution in [-0.4, -0.2) is 24.1 Å². The van der Waals surface area contributed by atoms with Crippen molar-refractivity contribution in [1.82, 2.24) is 4.98 Å². The highest BCUT2D eigenvalue weighted by Gasteiger charge is 2.28. The lowest BCUT2D eigenvalue weighted by molar-refractivity contribution is -0.125. The van der Waals surface area contributed by atoms with Crippen LogP contribution in [0.5, 0.6) is 0 Å². The number of ether oxygens (including phenoxy) is 1. The van der Waals surface area contributed by atoms with Gasteiger partial charge in [0.1, 0.15) is 5.82 Å². The summed E-state index contributed by atoms with van der Waals surface area (Å²) in [6.07, 6.45) is 0.780. The molecule has 1 aromatic heterocycles. The average Bonchev–Trinajstić information content (AvgIpc) is 2.34. The van der Waals surface area contributed by atoms with Gasteiger partial charge in [0.2, 0.25) is 5.91 Å². The standard InChI is InChI=1S/C13H17BrN2O2/c1-8-7-18-6-5-10(8)13(17)16-12-4-3-11(14)9(2)15-12/h3-4,8,10H,5-7H2,1-2H3,(H,15,16,17). The molecule has 2 atom stereocenters. The molecular formula is C13H17BrN2O2. The maximum Gasteiger partial charge on any atom is 0.229 e. The molecule has 2 heterocycles. The van der Waals surface area contributed by atoms with Gasteiger partial charge in [0.15, 0.2) is 0 Å². The number of pyridine rings is 1. The maximum atomic E-state index is 12.2. The van der Waals surface area contributed by atoms with E-state index in [1.54, 1.807) is 6.07 Å². The van der Waals surface area contributed by atoms with Gasteiger partial charge in [0, 0.05) is 23.6 Å². The largest absolute Gasteiger partial charge is 0.381 e. The molecule has 1 aromatic rings. The third kappa shape index (κ3) is 3.09. The van der Waals surface area contributed by atoms with Gasteiger partial charge in [-0.1, -0.05) is 6.92 Å². The quantitative estimate of drug-likeness (QED) is 0.913. The molecule has 0 bridgehead atoms. The molecule has 98 valence electrons. The van der Waals surface area contributed by atoms with Gasteiger partial charge < -0.3 is 10.1 Å². The second-order valence-electron chi connectivity index (χ2n) is 4.70. The number of carbonyl (C=O) groups excluding carboxylic acids is 1. The third-order valence-electron chi connectivity index (χ3n) is 3.25. The zero-order valence-electron chi connectivity index (χ0n) is 10.6. The first-order valence-electron chi connectivity index (χ1n) is 6.09. The van der Waals surface area contributed by atoms with Crippen LogP contribution in [0.4, 0.5) is 5.82 Å². The molecule has 5 heteroatoms. The summed E-state index contributed by atoms with van der Waals surface area (Å²) in [7, 11) is 0. The molecule has 2 unspecified atom stereocenters. The van der Waals surface area contributed by atoms with Crippen molar-refractivity contribution < 1.29 is 9.53 Å². The number of hydrogen-bond donors (Lipinski definition) is 1. The number of nitrogens with zero attached hydrogens (tertiary/aromatic N) is 1. The van der Waals surface area contributed by atoms with E-state index in [9.17, 15) is 4.79 Å². The molecule has 1 amide bonds. The maximum absolute atomic E-state index is 12.2. The van der Waals surface area contributed by atoms with E-state index >= 15 is 0 Å². The van der Waals surface area contributed by atoms with Crippen LogP contribution in [-0.2, 0) is 9.53 Å². The predicted molar refractivity (Wildman–Crippen MR) is 73.4 cm³/mol. The first kappa shape index (κ1) is 13.5. The topological polar surface area (TPSA) is 51.2 Å². The molecule has 1 aliphatic heterocycles. The Balaban J connectivity index is 2.04. The highest BCUT2D eigenvalue weighted by molar-refractivity contribution is 9.10. The van der Waals surface area contributed by atoms with Gasteiger partial charge in [-0.05, 0) is 47.3 Å². The zero-order valence-corrected chi connectivity index (χ0v) is 12.2. The number of nitrogens with one attached hydrogen (secondary N) is 1. The molecule has 1 fully saturated rings. The molecule has 0 spiro atoms. The van der Waals surface area contributed by atoms with Crippen LogP contribution in [0.2, 0.25) is 0 Å². The number of aryl methyl sites for hydroxylation is 1. The Morgan fingerprint density at radius 1 is 1.56 bits per heavy atom. The molecule has 2 rings (SSSR count). The van der Waals surface area contributed by atoms with Crippen molar-refractivity contribution in [3.8, 4) is 0 Å². The fraction of sp³-hybridized carbons (Fsp3) is 0.538. The SMILES string of the molecule is Cc1nc(NC(=O)C2CCOCC2C)ccc1Br. The van der Waals surface area contributed by atoms with Gasteiger partial charge in [0.05, 0.1) is 5.69 Å². The third-order valence-corrected chi connectivity index (χ3v) is 4.09. The molecule has 1 aliphatic rings. The van der Waals surface area contributed by atoms with Crippen molar-refractivity contribution in [3.63, 3.8) is 0 Å². The van der Waals surface area contributed by atoms with Gasteiger partial charge in [-0.2, -0.15) is 0 Å². The minimum Gasteiger partial charge on any atom is -0.381 e. The minimum absolute atomic E-state index is 0.0181. The van der Waals surface area contributed by atoms with Crippen LogP contribution in [0.3, 0.4) is 0 Å². The number of aromatic nitrogens is 1. The monoisotopic (exact) mass is 312 g/mol. The lowest BCUT2D eigenvalue weighted by Gasteiger charge is -2.27. The van der Waals surface area contributed by atoms with Gasteiger partial charge in [-0.15, -0.1) is 0 Å². The average molecular weight is 313 g/mol. The highest BCUT2D eigenvalue weighted by atomic mass is 79.9. The van der Waals surface area contributed by atoms with E-state index in [0.717, 1.165) is 16.6 Å². The Labute approximate surface area is 115 Å². The number of carbonyl (C=O) groups is 1. The first-order chi connectivity index (χ1) is 8.58. The molecular weight excluding hydrogens is 296 g/mol. The summed E-state index contributed by atoms with van der Waals surface area (Å²) in [6, 6.07) is 3.70. The number of anilines is 1.